The number of hydrogen-bond donors (Lipinski definition) is 5. The zero-order valence-electron chi connectivity index (χ0n) is 16.1. The van der Waals surface area contributed by atoms with Gasteiger partial charge in [0.2, 0.25) is 0 Å². The topological polar surface area (TPSA) is 161 Å². The molecule has 1 aliphatic rings. The first kappa shape index (κ1) is 21.1. The molecule has 158 valence electrons. The number of carboxylic acids is 2. The van der Waals surface area contributed by atoms with Gasteiger partial charge >= 0.3 is 11.9 Å². The van der Waals surface area contributed by atoms with Gasteiger partial charge in [-0.15, -0.1) is 0 Å². The van der Waals surface area contributed by atoms with Gasteiger partial charge in [-0.3, -0.25) is 14.6 Å². The molecule has 1 aliphatic heterocycles. The van der Waals surface area contributed by atoms with Crippen LogP contribution in [0.15, 0.2) is 41.5 Å². The normalized spacial score (nSPS) is 14.3. The lowest BCUT2D eigenvalue weighted by Crippen LogP contribution is -2.48. The van der Waals surface area contributed by atoms with Crippen molar-refractivity contribution in [3.63, 3.8) is 0 Å². The highest BCUT2D eigenvalue weighted by atomic mass is 16.4. The summed E-state index contributed by atoms with van der Waals surface area (Å²) in [6.45, 7) is 0.319. The average molecular weight is 413 g/mol. The van der Waals surface area contributed by atoms with Crippen molar-refractivity contribution in [1.29, 1.82) is 0 Å². The molecular weight excluding hydrogens is 390 g/mol. The van der Waals surface area contributed by atoms with Crippen LogP contribution < -0.4 is 11.1 Å². The molecule has 1 aromatic carbocycles. The molecule has 0 saturated heterocycles. The van der Waals surface area contributed by atoms with Crippen LogP contribution in [0.5, 0.6) is 0 Å². The zero-order valence-corrected chi connectivity index (χ0v) is 16.1. The van der Waals surface area contributed by atoms with Crippen LogP contribution >= 0.6 is 0 Å². The fourth-order valence-electron chi connectivity index (χ4n) is 3.38. The van der Waals surface area contributed by atoms with Crippen molar-refractivity contribution in [1.82, 2.24) is 9.88 Å². The number of nitrogens with two attached hydrogens (primary N) is 1. The summed E-state index contributed by atoms with van der Waals surface area (Å²) in [7, 11) is 0. The number of amides is 1. The molecule has 0 spiro atoms. The van der Waals surface area contributed by atoms with Crippen molar-refractivity contribution in [2.24, 2.45) is 10.7 Å². The Morgan fingerprint density at radius 2 is 1.93 bits per heavy atom. The van der Waals surface area contributed by atoms with Crippen molar-refractivity contribution in [2.75, 3.05) is 18.5 Å². The highest BCUT2D eigenvalue weighted by Crippen LogP contribution is 2.26. The van der Waals surface area contributed by atoms with E-state index in [-0.39, 0.29) is 19.4 Å². The summed E-state index contributed by atoms with van der Waals surface area (Å²) in [5, 5.41) is 21.8. The van der Waals surface area contributed by atoms with Crippen molar-refractivity contribution in [3.8, 4) is 0 Å². The molecule has 1 aromatic heterocycles. The van der Waals surface area contributed by atoms with Crippen molar-refractivity contribution in [3.05, 3.63) is 53.2 Å². The van der Waals surface area contributed by atoms with Gasteiger partial charge in [0.25, 0.3) is 5.91 Å². The maximum Gasteiger partial charge on any atom is 0.326 e. The molecule has 0 saturated carbocycles. The van der Waals surface area contributed by atoms with Crippen molar-refractivity contribution in [2.45, 2.75) is 24.9 Å². The monoisotopic (exact) mass is 413 g/mol. The molecule has 0 bridgehead atoms. The summed E-state index contributed by atoms with van der Waals surface area (Å²) < 4.78 is 0. The molecule has 1 amide bonds. The molecule has 6 N–H and O–H groups in total. The second-order valence-corrected chi connectivity index (χ2v) is 6.90. The summed E-state index contributed by atoms with van der Waals surface area (Å²) in [4.78, 5) is 44.4. The molecule has 2 atom stereocenters. The number of aromatic nitrogens is 1. The van der Waals surface area contributed by atoms with E-state index in [4.69, 9.17) is 10.8 Å². The Morgan fingerprint density at radius 1 is 1.20 bits per heavy atom. The standard InChI is InChI=1S/C20H23N5O5/c21-15(13-9-23-18-14(13)8-22-11-24-18)10-25(16(20(29)30)6-7-17(26)27)19(28)12-4-2-1-3-5-12/h1-5,8-9,15-16,23-24H,6-7,10-11,21H2,(H,26,27)(H,29,30)/t15?,16-/m0/s1. The van der Waals surface area contributed by atoms with Crippen LogP contribution in [0.2, 0.25) is 0 Å². The van der Waals surface area contributed by atoms with Gasteiger partial charge < -0.3 is 31.1 Å². The van der Waals surface area contributed by atoms with Crippen LogP contribution in [-0.2, 0) is 9.59 Å². The molecule has 2 aromatic rings. The Hall–Kier alpha value is -3.66. The number of H-pyrrole nitrogens is 1. The minimum Gasteiger partial charge on any atom is -0.481 e. The van der Waals surface area contributed by atoms with E-state index in [0.29, 0.717) is 17.8 Å². The van der Waals surface area contributed by atoms with Gasteiger partial charge in [-0.2, -0.15) is 0 Å². The van der Waals surface area contributed by atoms with E-state index >= 15 is 0 Å². The van der Waals surface area contributed by atoms with Gasteiger partial charge in [-0.05, 0) is 24.1 Å². The Balaban J connectivity index is 1.91. The fourth-order valence-corrected chi connectivity index (χ4v) is 3.38. The van der Waals surface area contributed by atoms with Gasteiger partial charge in [-0.1, -0.05) is 18.2 Å². The number of aromatic amines is 1. The minimum atomic E-state index is -1.33. The summed E-state index contributed by atoms with van der Waals surface area (Å²) in [6, 6.07) is 6.19. The number of aliphatic imine (C=N–C) groups is 1. The predicted molar refractivity (Wildman–Crippen MR) is 110 cm³/mol. The lowest BCUT2D eigenvalue weighted by Gasteiger charge is -2.31. The molecule has 3 rings (SSSR count). The van der Waals surface area contributed by atoms with Crippen molar-refractivity contribution >= 4 is 29.9 Å². The van der Waals surface area contributed by atoms with Crippen LogP contribution in [0.4, 0.5) is 5.82 Å². The van der Waals surface area contributed by atoms with E-state index < -0.39 is 29.9 Å². The Labute approximate surface area is 172 Å². The second-order valence-electron chi connectivity index (χ2n) is 6.90. The number of nitrogens with zero attached hydrogens (tertiary/aromatic N) is 2. The maximum atomic E-state index is 13.1. The molecule has 10 heteroatoms. The molecular formula is C20H23N5O5. The number of fused-ring (bicyclic) bond motifs is 1. The van der Waals surface area contributed by atoms with Gasteiger partial charge in [0.1, 0.15) is 18.5 Å². The van der Waals surface area contributed by atoms with E-state index in [2.05, 4.69) is 15.3 Å². The fraction of sp³-hybridized carbons (Fsp3) is 0.300. The van der Waals surface area contributed by atoms with Crippen LogP contribution in [-0.4, -0.2) is 63.4 Å². The average Bonchev–Trinajstić information content (AvgIpc) is 3.17. The number of carboxylic acid groups (broad SMARTS) is 2. The highest BCUT2D eigenvalue weighted by molar-refractivity contribution is 5.97. The first-order valence-corrected chi connectivity index (χ1v) is 9.39. The van der Waals surface area contributed by atoms with Crippen LogP contribution in [0.3, 0.4) is 0 Å². The highest BCUT2D eigenvalue weighted by Gasteiger charge is 2.33. The first-order valence-electron chi connectivity index (χ1n) is 9.39. The lowest BCUT2D eigenvalue weighted by molar-refractivity contribution is -0.143. The number of benzene rings is 1. The Morgan fingerprint density at radius 3 is 2.60 bits per heavy atom. The lowest BCUT2D eigenvalue weighted by atomic mass is 10.0. The van der Waals surface area contributed by atoms with Gasteiger partial charge in [0.15, 0.2) is 0 Å². The third-order valence-electron chi connectivity index (χ3n) is 4.89. The number of carbonyl (C=O) groups excluding carboxylic acids is 1. The van der Waals surface area contributed by atoms with Gasteiger partial charge in [-0.25, -0.2) is 4.79 Å². The zero-order chi connectivity index (χ0) is 21.7. The van der Waals surface area contributed by atoms with E-state index in [1.54, 1.807) is 42.7 Å². The number of nitrogens with one attached hydrogen (secondary N) is 2. The summed E-state index contributed by atoms with van der Waals surface area (Å²) >= 11 is 0. The first-order chi connectivity index (χ1) is 14.4. The predicted octanol–water partition coefficient (Wildman–Crippen LogP) is 1.28. The van der Waals surface area contributed by atoms with E-state index in [1.165, 1.54) is 0 Å². The maximum absolute atomic E-state index is 13.1. The summed E-state index contributed by atoms with van der Waals surface area (Å²) in [6.07, 6.45) is 2.74. The molecule has 30 heavy (non-hydrogen) atoms. The number of hydrogen-bond acceptors (Lipinski definition) is 6. The van der Waals surface area contributed by atoms with Crippen LogP contribution in [0, 0.1) is 0 Å². The third kappa shape index (κ3) is 4.66. The molecule has 0 aliphatic carbocycles. The number of rotatable bonds is 9. The van der Waals surface area contributed by atoms with Crippen LogP contribution in [0.25, 0.3) is 0 Å². The minimum absolute atomic E-state index is 0.109. The van der Waals surface area contributed by atoms with E-state index in [0.717, 1.165) is 16.3 Å². The van der Waals surface area contributed by atoms with Gasteiger partial charge in [0, 0.05) is 42.5 Å². The largest absolute Gasteiger partial charge is 0.481 e. The van der Waals surface area contributed by atoms with E-state index in [9.17, 15) is 19.5 Å². The number of carbonyl (C=O) groups is 3. The van der Waals surface area contributed by atoms with Crippen molar-refractivity contribution < 1.29 is 24.6 Å². The van der Waals surface area contributed by atoms with E-state index in [1.807, 2.05) is 0 Å². The molecule has 2 heterocycles. The Kier molecular flexibility index (Phi) is 6.48. The Bertz CT molecular complexity index is 956. The second kappa shape index (κ2) is 9.23. The molecule has 0 radical (unpaired) electrons. The smallest absolute Gasteiger partial charge is 0.326 e. The quantitative estimate of drug-likeness (QED) is 0.413. The molecule has 1 unspecified atom stereocenters. The molecule has 0 fully saturated rings. The third-order valence-corrected chi connectivity index (χ3v) is 4.89. The van der Waals surface area contributed by atoms with Gasteiger partial charge in [0.05, 0.1) is 0 Å². The summed E-state index contributed by atoms with van der Waals surface area (Å²) in [5.41, 5.74) is 8.08. The number of aliphatic carboxylic acids is 2. The van der Waals surface area contributed by atoms with Crippen LogP contribution in [0.1, 0.15) is 40.4 Å². The summed E-state index contributed by atoms with van der Waals surface area (Å²) in [5.74, 6) is -2.20. The number of anilines is 1. The SMILES string of the molecule is NC(CN(C(=O)c1ccccc1)[C@@H](CCC(=O)O)C(=O)O)c1c[nH]c2c1C=NCN2. The molecule has 10 nitrogen and oxygen atoms in total.